The van der Waals surface area contributed by atoms with E-state index in [1.54, 1.807) is 0 Å². The van der Waals surface area contributed by atoms with Crippen LogP contribution in [-0.2, 0) is 4.79 Å². The van der Waals surface area contributed by atoms with Gasteiger partial charge in [0.15, 0.2) is 5.82 Å². The van der Waals surface area contributed by atoms with E-state index in [-0.39, 0.29) is 23.2 Å². The van der Waals surface area contributed by atoms with Crippen LogP contribution in [0.25, 0.3) is 0 Å². The van der Waals surface area contributed by atoms with Crippen molar-refractivity contribution in [1.29, 1.82) is 0 Å². The summed E-state index contributed by atoms with van der Waals surface area (Å²) >= 11 is 0. The lowest BCUT2D eigenvalue weighted by atomic mass is 10.3. The Kier molecular flexibility index (Phi) is 3.93. The summed E-state index contributed by atoms with van der Waals surface area (Å²) in [5.41, 5.74) is -0.109. The number of non-ortho nitro benzene ring substituents is 1. The number of carbonyl (C=O) groups excluding carboxylic acids is 2. The van der Waals surface area contributed by atoms with Crippen LogP contribution in [0.1, 0.15) is 6.92 Å². The Morgan fingerprint density at radius 2 is 1.95 bits per heavy atom. The zero-order chi connectivity index (χ0) is 15.4. The van der Waals surface area contributed by atoms with E-state index in [4.69, 9.17) is 4.74 Å². The molecule has 0 radical (unpaired) electrons. The standard InChI is InChI=1S/C12H10N4O5/c1-8(17)13-11-6-7-15(14-11)12(18)21-10-4-2-9(3-5-10)16(19)20/h2-7H,1H3,(H,13,14,17). The van der Waals surface area contributed by atoms with Crippen LogP contribution in [0.15, 0.2) is 36.5 Å². The smallest absolute Gasteiger partial charge is 0.409 e. The third-order valence-corrected chi connectivity index (χ3v) is 2.33. The average Bonchev–Trinajstić information content (AvgIpc) is 2.87. The van der Waals surface area contributed by atoms with Crippen LogP contribution in [-0.4, -0.2) is 26.7 Å². The molecule has 108 valence electrons. The van der Waals surface area contributed by atoms with Crippen molar-refractivity contribution in [2.75, 3.05) is 5.32 Å². The molecule has 0 saturated carbocycles. The minimum absolute atomic E-state index is 0.109. The highest BCUT2D eigenvalue weighted by atomic mass is 16.6. The highest BCUT2D eigenvalue weighted by Gasteiger charge is 2.11. The van der Waals surface area contributed by atoms with Gasteiger partial charge in [-0.3, -0.25) is 14.9 Å². The van der Waals surface area contributed by atoms with Crippen LogP contribution in [0.4, 0.5) is 16.3 Å². The van der Waals surface area contributed by atoms with Crippen molar-refractivity contribution in [3.63, 3.8) is 0 Å². The molecule has 1 aromatic carbocycles. The number of carbonyl (C=O) groups is 2. The summed E-state index contributed by atoms with van der Waals surface area (Å²) in [6.45, 7) is 1.31. The number of nitrogens with one attached hydrogen (secondary N) is 1. The molecular weight excluding hydrogens is 280 g/mol. The van der Waals surface area contributed by atoms with Crippen LogP contribution in [0.2, 0.25) is 0 Å². The Labute approximate surface area is 118 Å². The van der Waals surface area contributed by atoms with Crippen LogP contribution in [0.3, 0.4) is 0 Å². The molecule has 0 fully saturated rings. The SMILES string of the molecule is CC(=O)Nc1ccn(C(=O)Oc2ccc([N+](=O)[O-])cc2)n1. The summed E-state index contributed by atoms with van der Waals surface area (Å²) in [5, 5.41) is 16.7. The second kappa shape index (κ2) is 5.82. The third-order valence-electron chi connectivity index (χ3n) is 2.33. The van der Waals surface area contributed by atoms with Crippen molar-refractivity contribution in [3.05, 3.63) is 46.6 Å². The molecule has 0 saturated heterocycles. The second-order valence-electron chi connectivity index (χ2n) is 3.95. The molecule has 2 aromatic rings. The van der Waals surface area contributed by atoms with Gasteiger partial charge in [-0.05, 0) is 12.1 Å². The van der Waals surface area contributed by atoms with E-state index in [1.807, 2.05) is 0 Å². The number of benzene rings is 1. The van der Waals surface area contributed by atoms with Crippen molar-refractivity contribution in [2.45, 2.75) is 6.92 Å². The maximum atomic E-state index is 11.8. The lowest BCUT2D eigenvalue weighted by molar-refractivity contribution is -0.384. The monoisotopic (exact) mass is 290 g/mol. The first-order valence-electron chi connectivity index (χ1n) is 5.75. The van der Waals surface area contributed by atoms with E-state index >= 15 is 0 Å². The fourth-order valence-corrected chi connectivity index (χ4v) is 1.46. The summed E-state index contributed by atoms with van der Waals surface area (Å²) in [7, 11) is 0. The Bertz CT molecular complexity index is 692. The van der Waals surface area contributed by atoms with Gasteiger partial charge in [-0.25, -0.2) is 4.79 Å². The number of nitro benzene ring substituents is 1. The summed E-state index contributed by atoms with van der Waals surface area (Å²) in [6, 6.07) is 6.46. The Balaban J connectivity index is 2.05. The molecule has 0 spiro atoms. The van der Waals surface area contributed by atoms with Crippen molar-refractivity contribution < 1.29 is 19.2 Å². The Morgan fingerprint density at radius 3 is 2.52 bits per heavy atom. The average molecular weight is 290 g/mol. The molecule has 0 aliphatic carbocycles. The van der Waals surface area contributed by atoms with Crippen molar-refractivity contribution in [3.8, 4) is 5.75 Å². The molecular formula is C12H10N4O5. The van der Waals surface area contributed by atoms with Gasteiger partial charge in [0.05, 0.1) is 4.92 Å². The zero-order valence-corrected chi connectivity index (χ0v) is 10.8. The van der Waals surface area contributed by atoms with Gasteiger partial charge in [0.2, 0.25) is 5.91 Å². The number of rotatable bonds is 3. The minimum Gasteiger partial charge on any atom is -0.409 e. The van der Waals surface area contributed by atoms with Gasteiger partial charge in [-0.1, -0.05) is 0 Å². The van der Waals surface area contributed by atoms with Crippen LogP contribution < -0.4 is 10.1 Å². The maximum absolute atomic E-state index is 11.8. The molecule has 1 N–H and O–H groups in total. The molecule has 0 aliphatic rings. The number of nitrogens with zero attached hydrogens (tertiary/aromatic N) is 3. The summed E-state index contributed by atoms with van der Waals surface area (Å²) in [6.07, 6.45) is 0.513. The van der Waals surface area contributed by atoms with E-state index in [0.29, 0.717) is 0 Å². The molecule has 0 unspecified atom stereocenters. The van der Waals surface area contributed by atoms with Crippen LogP contribution >= 0.6 is 0 Å². The first kappa shape index (κ1) is 14.2. The van der Waals surface area contributed by atoms with Crippen LogP contribution in [0.5, 0.6) is 5.75 Å². The zero-order valence-electron chi connectivity index (χ0n) is 10.8. The lowest BCUT2D eigenvalue weighted by Gasteiger charge is -2.03. The number of amides is 1. The van der Waals surface area contributed by atoms with Gasteiger partial charge in [0.25, 0.3) is 5.69 Å². The number of ether oxygens (including phenoxy) is 1. The molecule has 1 amide bonds. The first-order valence-corrected chi connectivity index (χ1v) is 5.75. The Hall–Kier alpha value is -3.23. The van der Waals surface area contributed by atoms with Crippen molar-refractivity contribution in [2.24, 2.45) is 0 Å². The molecule has 21 heavy (non-hydrogen) atoms. The normalized spacial score (nSPS) is 9.95. The number of anilines is 1. The summed E-state index contributed by atoms with van der Waals surface area (Å²) in [4.78, 5) is 32.5. The van der Waals surface area contributed by atoms with Crippen LogP contribution in [0, 0.1) is 10.1 Å². The fourth-order valence-electron chi connectivity index (χ4n) is 1.46. The molecule has 1 heterocycles. The molecule has 9 nitrogen and oxygen atoms in total. The second-order valence-corrected chi connectivity index (χ2v) is 3.95. The van der Waals surface area contributed by atoms with E-state index in [9.17, 15) is 19.7 Å². The van der Waals surface area contributed by atoms with E-state index in [2.05, 4.69) is 10.4 Å². The number of hydrogen-bond acceptors (Lipinski definition) is 6. The van der Waals surface area contributed by atoms with Gasteiger partial charge < -0.3 is 10.1 Å². The number of aromatic nitrogens is 2. The highest BCUT2D eigenvalue weighted by Crippen LogP contribution is 2.17. The lowest BCUT2D eigenvalue weighted by Crippen LogP contribution is -2.18. The summed E-state index contributed by atoms with van der Waals surface area (Å²) < 4.78 is 5.88. The van der Waals surface area contributed by atoms with Crippen molar-refractivity contribution >= 4 is 23.5 Å². The molecule has 9 heteroatoms. The Morgan fingerprint density at radius 1 is 1.29 bits per heavy atom. The number of hydrogen-bond donors (Lipinski definition) is 1. The molecule has 0 aliphatic heterocycles. The topological polar surface area (TPSA) is 116 Å². The largest absolute Gasteiger partial charge is 0.440 e. The van der Waals surface area contributed by atoms with Gasteiger partial charge in [-0.2, -0.15) is 4.68 Å². The van der Waals surface area contributed by atoms with Gasteiger partial charge in [0.1, 0.15) is 5.75 Å². The van der Waals surface area contributed by atoms with Crippen molar-refractivity contribution in [1.82, 2.24) is 9.78 Å². The minimum atomic E-state index is -0.805. The summed E-state index contributed by atoms with van der Waals surface area (Å²) in [5.74, 6) is 0.0364. The van der Waals surface area contributed by atoms with E-state index in [0.717, 1.165) is 4.68 Å². The third kappa shape index (κ3) is 3.62. The van der Waals surface area contributed by atoms with E-state index < -0.39 is 11.0 Å². The number of nitro groups is 1. The van der Waals surface area contributed by atoms with Gasteiger partial charge in [-0.15, -0.1) is 5.10 Å². The maximum Gasteiger partial charge on any atom is 0.440 e. The molecule has 1 aromatic heterocycles. The van der Waals surface area contributed by atoms with E-state index in [1.165, 1.54) is 43.5 Å². The predicted octanol–water partition coefficient (Wildman–Crippen LogP) is 1.80. The quantitative estimate of drug-likeness (QED) is 0.680. The van der Waals surface area contributed by atoms with Gasteiger partial charge in [0, 0.05) is 31.3 Å². The van der Waals surface area contributed by atoms with Gasteiger partial charge >= 0.3 is 6.09 Å². The molecule has 2 rings (SSSR count). The highest BCUT2D eigenvalue weighted by molar-refractivity contribution is 5.87. The fraction of sp³-hybridized carbons (Fsp3) is 0.0833. The molecule has 0 bridgehead atoms. The molecule has 0 atom stereocenters. The predicted molar refractivity (Wildman–Crippen MR) is 71.0 cm³/mol. The first-order chi connectivity index (χ1) is 9.95.